The molecule has 174 valence electrons. The Bertz CT molecular complexity index is 1350. The van der Waals surface area contributed by atoms with Crippen molar-refractivity contribution >= 4 is 17.6 Å². The van der Waals surface area contributed by atoms with E-state index >= 15 is 0 Å². The van der Waals surface area contributed by atoms with Crippen LogP contribution >= 0.6 is 0 Å². The molecule has 0 aliphatic heterocycles. The van der Waals surface area contributed by atoms with Crippen molar-refractivity contribution in [1.82, 2.24) is 14.7 Å². The molecule has 1 fully saturated rings. The number of ether oxygens (including phenoxy) is 1. The van der Waals surface area contributed by atoms with Gasteiger partial charge in [-0.15, -0.1) is 0 Å². The summed E-state index contributed by atoms with van der Waals surface area (Å²) in [4.78, 5) is 30.9. The first-order chi connectivity index (χ1) is 16.4. The number of nitrogens with zero attached hydrogens (tertiary/aromatic N) is 3. The number of amides is 1. The van der Waals surface area contributed by atoms with Gasteiger partial charge in [-0.3, -0.25) is 14.0 Å². The number of carbonyl (C=O) groups is 1. The maximum atomic E-state index is 13.4. The van der Waals surface area contributed by atoms with Crippen LogP contribution in [0.2, 0.25) is 0 Å². The summed E-state index contributed by atoms with van der Waals surface area (Å²) in [5.41, 5.74) is 2.76. The van der Waals surface area contributed by atoms with E-state index in [-0.39, 0.29) is 23.1 Å². The summed E-state index contributed by atoms with van der Waals surface area (Å²) in [5.74, 6) is 0.102. The molecule has 0 bridgehead atoms. The Hall–Kier alpha value is -3.92. The summed E-state index contributed by atoms with van der Waals surface area (Å²) in [5, 5.41) is 12.7. The van der Waals surface area contributed by atoms with Crippen LogP contribution < -0.4 is 15.6 Å². The van der Waals surface area contributed by atoms with Gasteiger partial charge >= 0.3 is 0 Å². The van der Waals surface area contributed by atoms with Crippen LogP contribution in [0.1, 0.15) is 54.4 Å². The van der Waals surface area contributed by atoms with E-state index in [0.29, 0.717) is 11.4 Å². The molecule has 0 radical (unpaired) electrons. The molecule has 0 spiro atoms. The molecule has 0 unspecified atom stereocenters. The van der Waals surface area contributed by atoms with E-state index in [1.807, 2.05) is 51.1 Å². The lowest BCUT2D eigenvalue weighted by atomic mass is 9.95. The highest BCUT2D eigenvalue weighted by atomic mass is 16.5. The Balaban J connectivity index is 1.81. The standard InChI is InChI=1S/C27H28N4O3/c1-17-12-18(2)14-22(13-17)34-26-23(27(33)31-11-7-8-19(3)24(31)30-26)15-20(16-28)25(32)29-21-9-5-4-6-10-21/h7-8,11-15,21H,4-6,9-10H2,1-3H3,(H,29,32)/b20-15+. The number of aromatic nitrogens is 2. The number of pyridine rings is 1. The number of rotatable bonds is 5. The summed E-state index contributed by atoms with van der Waals surface area (Å²) in [6.45, 7) is 5.77. The normalized spacial score (nSPS) is 14.6. The lowest BCUT2D eigenvalue weighted by Gasteiger charge is -2.22. The largest absolute Gasteiger partial charge is 0.438 e. The molecular weight excluding hydrogens is 428 g/mol. The third kappa shape index (κ3) is 5.01. The van der Waals surface area contributed by atoms with Gasteiger partial charge in [-0.25, -0.2) is 0 Å². The van der Waals surface area contributed by atoms with Gasteiger partial charge in [0.25, 0.3) is 11.5 Å². The summed E-state index contributed by atoms with van der Waals surface area (Å²) >= 11 is 0. The molecular formula is C27H28N4O3. The molecule has 2 heterocycles. The molecule has 0 saturated heterocycles. The highest BCUT2D eigenvalue weighted by molar-refractivity contribution is 6.02. The minimum absolute atomic E-state index is 0.0439. The second-order valence-corrected chi connectivity index (χ2v) is 8.92. The average molecular weight is 457 g/mol. The van der Waals surface area contributed by atoms with Crippen molar-refractivity contribution in [2.75, 3.05) is 0 Å². The Morgan fingerprint density at radius 1 is 1.18 bits per heavy atom. The number of carbonyl (C=O) groups excluding carboxylic acids is 1. The summed E-state index contributed by atoms with van der Waals surface area (Å²) in [6.07, 6.45) is 7.96. The van der Waals surface area contributed by atoms with Gasteiger partial charge in [0.1, 0.15) is 28.6 Å². The van der Waals surface area contributed by atoms with Gasteiger partial charge in [-0.05, 0) is 74.6 Å². The van der Waals surface area contributed by atoms with Crippen LogP contribution in [0.3, 0.4) is 0 Å². The van der Waals surface area contributed by atoms with Gasteiger partial charge in [0.2, 0.25) is 5.88 Å². The Labute approximate surface area is 198 Å². The van der Waals surface area contributed by atoms with Gasteiger partial charge in [0.05, 0.1) is 0 Å². The fourth-order valence-corrected chi connectivity index (χ4v) is 4.40. The third-order valence-electron chi connectivity index (χ3n) is 6.05. The monoisotopic (exact) mass is 456 g/mol. The maximum absolute atomic E-state index is 13.4. The highest BCUT2D eigenvalue weighted by Crippen LogP contribution is 2.26. The first-order valence-corrected chi connectivity index (χ1v) is 11.6. The third-order valence-corrected chi connectivity index (χ3v) is 6.05. The number of aryl methyl sites for hydroxylation is 3. The van der Waals surface area contributed by atoms with Crippen LogP contribution in [-0.2, 0) is 4.79 Å². The second-order valence-electron chi connectivity index (χ2n) is 8.92. The number of hydrogen-bond acceptors (Lipinski definition) is 5. The molecule has 1 aromatic carbocycles. The number of nitriles is 1. The van der Waals surface area contributed by atoms with Crippen LogP contribution in [0, 0.1) is 32.1 Å². The first kappa shape index (κ1) is 23.2. The number of hydrogen-bond donors (Lipinski definition) is 1. The molecule has 4 rings (SSSR count). The highest BCUT2D eigenvalue weighted by Gasteiger charge is 2.21. The lowest BCUT2D eigenvalue weighted by Crippen LogP contribution is -2.36. The number of fused-ring (bicyclic) bond motifs is 1. The molecule has 1 aliphatic carbocycles. The maximum Gasteiger partial charge on any atom is 0.269 e. The van der Waals surface area contributed by atoms with Crippen molar-refractivity contribution in [3.63, 3.8) is 0 Å². The Kier molecular flexibility index (Phi) is 6.78. The SMILES string of the molecule is Cc1cc(C)cc(Oc2nc3c(C)cccn3c(=O)c2/C=C(\C#N)C(=O)NC2CCCCC2)c1. The number of benzene rings is 1. The zero-order valence-corrected chi connectivity index (χ0v) is 19.7. The predicted molar refractivity (Wildman–Crippen MR) is 131 cm³/mol. The molecule has 34 heavy (non-hydrogen) atoms. The van der Waals surface area contributed by atoms with Crippen molar-refractivity contribution in [3.8, 4) is 17.7 Å². The van der Waals surface area contributed by atoms with E-state index in [1.165, 1.54) is 10.5 Å². The first-order valence-electron chi connectivity index (χ1n) is 11.6. The van der Waals surface area contributed by atoms with Crippen LogP contribution in [0.25, 0.3) is 11.7 Å². The Morgan fingerprint density at radius 2 is 1.88 bits per heavy atom. The smallest absolute Gasteiger partial charge is 0.269 e. The molecule has 7 heteroatoms. The van der Waals surface area contributed by atoms with Gasteiger partial charge in [-0.2, -0.15) is 10.2 Å². The Morgan fingerprint density at radius 3 is 2.56 bits per heavy atom. The van der Waals surface area contributed by atoms with E-state index in [2.05, 4.69) is 10.3 Å². The molecule has 1 amide bonds. The average Bonchev–Trinajstić information content (AvgIpc) is 2.79. The van der Waals surface area contributed by atoms with E-state index in [1.54, 1.807) is 12.3 Å². The quantitative estimate of drug-likeness (QED) is 0.441. The number of nitrogens with one attached hydrogen (secondary N) is 1. The van der Waals surface area contributed by atoms with Gasteiger partial charge in [0, 0.05) is 12.2 Å². The van der Waals surface area contributed by atoms with Gasteiger partial charge in [0.15, 0.2) is 0 Å². The van der Waals surface area contributed by atoms with E-state index in [4.69, 9.17) is 4.74 Å². The van der Waals surface area contributed by atoms with Crippen molar-refractivity contribution < 1.29 is 9.53 Å². The fourth-order valence-electron chi connectivity index (χ4n) is 4.40. The van der Waals surface area contributed by atoms with Crippen LogP contribution in [0.5, 0.6) is 11.6 Å². The molecule has 1 saturated carbocycles. The van der Waals surface area contributed by atoms with Crippen LogP contribution in [0.4, 0.5) is 0 Å². The summed E-state index contributed by atoms with van der Waals surface area (Å²) in [6, 6.07) is 11.3. The van der Waals surface area contributed by atoms with E-state index in [0.717, 1.165) is 48.8 Å². The molecule has 7 nitrogen and oxygen atoms in total. The van der Waals surface area contributed by atoms with Crippen LogP contribution in [-0.4, -0.2) is 21.3 Å². The summed E-state index contributed by atoms with van der Waals surface area (Å²) < 4.78 is 7.49. The zero-order valence-electron chi connectivity index (χ0n) is 19.7. The van der Waals surface area contributed by atoms with Gasteiger partial charge < -0.3 is 10.1 Å². The second kappa shape index (κ2) is 9.92. The zero-order chi connectivity index (χ0) is 24.2. The summed E-state index contributed by atoms with van der Waals surface area (Å²) in [7, 11) is 0. The minimum Gasteiger partial charge on any atom is -0.438 e. The van der Waals surface area contributed by atoms with Crippen molar-refractivity contribution in [3.05, 3.63) is 74.7 Å². The van der Waals surface area contributed by atoms with Crippen molar-refractivity contribution in [1.29, 1.82) is 5.26 Å². The molecule has 2 aromatic heterocycles. The predicted octanol–water partition coefficient (Wildman–Crippen LogP) is 4.77. The van der Waals surface area contributed by atoms with Crippen LogP contribution in [0.15, 0.2) is 46.9 Å². The molecule has 1 aliphatic rings. The van der Waals surface area contributed by atoms with Gasteiger partial charge in [-0.1, -0.05) is 31.4 Å². The van der Waals surface area contributed by atoms with Crippen molar-refractivity contribution in [2.24, 2.45) is 0 Å². The fraction of sp³-hybridized carbons (Fsp3) is 0.333. The molecule has 1 N–H and O–H groups in total. The van der Waals surface area contributed by atoms with E-state index in [9.17, 15) is 14.9 Å². The molecule has 3 aromatic rings. The minimum atomic E-state index is -0.486. The lowest BCUT2D eigenvalue weighted by molar-refractivity contribution is -0.117. The molecule has 0 atom stereocenters. The van der Waals surface area contributed by atoms with E-state index < -0.39 is 11.5 Å². The van der Waals surface area contributed by atoms with Crippen molar-refractivity contribution in [2.45, 2.75) is 58.9 Å². The topological polar surface area (TPSA) is 96.5 Å².